The van der Waals surface area contributed by atoms with Crippen molar-refractivity contribution in [2.24, 2.45) is 0 Å². The van der Waals surface area contributed by atoms with Crippen LogP contribution in [0.1, 0.15) is 0 Å². The van der Waals surface area contributed by atoms with Crippen molar-refractivity contribution in [2.75, 3.05) is 5.34 Å². The van der Waals surface area contributed by atoms with Gasteiger partial charge in [-0.05, 0) is 76.3 Å². The van der Waals surface area contributed by atoms with Crippen LogP contribution in [0.4, 0.5) is 0 Å². The molecule has 0 N–H and O–H groups in total. The quantitative estimate of drug-likeness (QED) is 0.189. The summed E-state index contributed by atoms with van der Waals surface area (Å²) in [5.41, 5.74) is 1.42. The van der Waals surface area contributed by atoms with Crippen molar-refractivity contribution in [1.29, 1.82) is 0 Å². The largest absolute Gasteiger partial charge is 2.00 e. The first-order chi connectivity index (χ1) is 14.3. The second kappa shape index (κ2) is 22.0. The van der Waals surface area contributed by atoms with Crippen molar-refractivity contribution in [3.05, 3.63) is 124 Å². The van der Waals surface area contributed by atoms with E-state index >= 15 is 0 Å². The average molecular weight is 632 g/mol. The zero-order chi connectivity index (χ0) is 21.2. The maximum absolute atomic E-state index is 4.81. The van der Waals surface area contributed by atoms with Gasteiger partial charge in [-0.3, -0.25) is 0 Å². The third kappa shape index (κ3) is 13.7. The second-order valence-corrected chi connectivity index (χ2v) is 10.6. The van der Waals surface area contributed by atoms with E-state index in [1.807, 2.05) is 32.1 Å². The van der Waals surface area contributed by atoms with Crippen molar-refractivity contribution in [3.63, 3.8) is 0 Å². The Morgan fingerprint density at radius 2 is 0.900 bits per heavy atom. The Kier molecular flexibility index (Phi) is 22.9. The van der Waals surface area contributed by atoms with E-state index < -0.39 is 7.92 Å². The van der Waals surface area contributed by atoms with Gasteiger partial charge in [0.1, 0.15) is 0 Å². The fourth-order valence-electron chi connectivity index (χ4n) is 2.44. The molecule has 162 valence electrons. The fourth-order valence-corrected chi connectivity index (χ4v) is 4.74. The molecule has 0 saturated heterocycles. The number of rotatable bonds is 3. The number of hydrogen-bond donors (Lipinski definition) is 0. The minimum Gasteiger partial charge on any atom is 2.00 e. The summed E-state index contributed by atoms with van der Waals surface area (Å²) in [5.74, 6) is 0. The molecule has 2 aromatic carbocycles. The van der Waals surface area contributed by atoms with Gasteiger partial charge in [0.15, 0.2) is 0 Å². The van der Waals surface area contributed by atoms with Crippen LogP contribution in [0.25, 0.3) is 0 Å². The molecule has 0 atom stereocenters. The standard InChI is InChI=1S/C17H14P.C5H5.CH2Cl2.2ClH.Fe.Pd/c1-3-9-15(10-4-1)18(17-13-7-8-14-17)16-11-5-2-6-12-16;1-2-4-5-3-1;2-1-3;;;;/h1-14H;1-5H;1H2;2*1H;;/q;;;;;2*+2/p-2. The molecule has 30 heavy (non-hydrogen) atoms. The zero-order valence-corrected chi connectivity index (χ0v) is 22.4. The van der Waals surface area contributed by atoms with Crippen molar-refractivity contribution < 1.29 is 33.0 Å². The fraction of sp³-hybridized carbons (Fsp3) is 0.0435. The molecule has 0 spiro atoms. The molecule has 2 saturated carbocycles. The van der Waals surface area contributed by atoms with Gasteiger partial charge in [0, 0.05) is 5.66 Å². The van der Waals surface area contributed by atoms with E-state index in [-0.39, 0.29) is 38.3 Å². The Hall–Kier alpha value is 1.21. The third-order valence-corrected chi connectivity index (χ3v) is 5.93. The molecule has 2 aliphatic carbocycles. The first-order valence-electron chi connectivity index (χ1n) is 8.51. The Morgan fingerprint density at radius 1 is 0.600 bits per heavy atom. The van der Waals surface area contributed by atoms with Crippen LogP contribution >= 0.6 is 50.2 Å². The van der Waals surface area contributed by atoms with Gasteiger partial charge >= 0.3 is 52.1 Å². The van der Waals surface area contributed by atoms with Crippen molar-refractivity contribution in [1.82, 2.24) is 0 Å². The molecule has 2 aliphatic rings. The summed E-state index contributed by atoms with van der Waals surface area (Å²) < 4.78 is 0. The van der Waals surface area contributed by atoms with Crippen LogP contribution in [0.5, 0.6) is 0 Å². The number of alkyl halides is 2. The SMILES string of the molecule is ClCCl.[CH]1[CH][CH][CH][CH]1.[CH]1[CH][CH][C](P(c2ccccc2)c2ccccc2)[CH]1.[Cl][Pd][Cl].[Fe+2]. The molecule has 0 nitrogen and oxygen atoms in total. The predicted octanol–water partition coefficient (Wildman–Crippen LogP) is 7.30. The summed E-state index contributed by atoms with van der Waals surface area (Å²) in [7, 11) is 9.22. The first-order valence-corrected chi connectivity index (χ1v) is 14.9. The maximum Gasteiger partial charge on any atom is 2.00 e. The predicted molar refractivity (Wildman–Crippen MR) is 129 cm³/mol. The van der Waals surface area contributed by atoms with Gasteiger partial charge < -0.3 is 0 Å². The van der Waals surface area contributed by atoms with Gasteiger partial charge in [-0.25, -0.2) is 0 Å². The summed E-state index contributed by atoms with van der Waals surface area (Å²) in [6, 6.07) is 21.6. The maximum atomic E-state index is 4.81. The second-order valence-electron chi connectivity index (χ2n) is 5.26. The first kappa shape index (κ1) is 31.2. The number of benzene rings is 2. The molecule has 2 aromatic rings. The molecule has 4 rings (SSSR count). The molecule has 10 radical (unpaired) electrons. The van der Waals surface area contributed by atoms with Crippen molar-refractivity contribution in [3.8, 4) is 0 Å². The van der Waals surface area contributed by atoms with E-state index in [1.54, 1.807) is 0 Å². The van der Waals surface area contributed by atoms with Crippen LogP contribution in [0.3, 0.4) is 0 Å². The van der Waals surface area contributed by atoms with Crippen LogP contribution in [-0.2, 0) is 33.0 Å². The minimum absolute atomic E-state index is 0. The van der Waals surface area contributed by atoms with E-state index in [0.717, 1.165) is 0 Å². The van der Waals surface area contributed by atoms with Crippen molar-refractivity contribution >= 4 is 60.8 Å². The Bertz CT molecular complexity index is 548. The molecule has 2 fully saturated rings. The summed E-state index contributed by atoms with van der Waals surface area (Å²) in [5, 5.41) is 3.01. The van der Waals surface area contributed by atoms with E-state index in [4.69, 9.17) is 42.3 Å². The molecule has 7 heteroatoms. The molecular formula is C23H21Cl4FePPd+2. The molecule has 0 amide bonds. The third-order valence-electron chi connectivity index (χ3n) is 3.49. The Balaban J connectivity index is 0.000000584. The monoisotopic (exact) mass is 630 g/mol. The van der Waals surface area contributed by atoms with E-state index in [1.165, 1.54) is 16.3 Å². The Labute approximate surface area is 221 Å². The van der Waals surface area contributed by atoms with Gasteiger partial charge in [-0.2, -0.15) is 0 Å². The van der Waals surface area contributed by atoms with E-state index in [2.05, 4.69) is 86.3 Å². The molecule has 0 aliphatic heterocycles. The average Bonchev–Trinajstić information content (AvgIpc) is 3.49. The normalized spacial score (nSPS) is 15.1. The summed E-state index contributed by atoms with van der Waals surface area (Å²) in [4.78, 5) is 0. The van der Waals surface area contributed by atoms with Crippen LogP contribution in [0.2, 0.25) is 0 Å². The molecular weight excluding hydrogens is 611 g/mol. The molecule has 0 aromatic heterocycles. The summed E-state index contributed by atoms with van der Waals surface area (Å²) >= 11 is 9.42. The minimum atomic E-state index is -0.409. The van der Waals surface area contributed by atoms with E-state index in [0.29, 0.717) is 0 Å². The summed E-state index contributed by atoms with van der Waals surface area (Å²) in [6.07, 6.45) is 18.7. The smallest absolute Gasteiger partial charge is 2.00 e. The zero-order valence-electron chi connectivity index (χ0n) is 15.8. The van der Waals surface area contributed by atoms with Gasteiger partial charge in [-0.15, -0.1) is 23.2 Å². The van der Waals surface area contributed by atoms with Gasteiger partial charge in [0.05, 0.1) is 5.34 Å². The summed E-state index contributed by atoms with van der Waals surface area (Å²) in [6.45, 7) is 0. The van der Waals surface area contributed by atoms with Crippen LogP contribution in [0.15, 0.2) is 60.7 Å². The van der Waals surface area contributed by atoms with Crippen molar-refractivity contribution in [2.45, 2.75) is 0 Å². The van der Waals surface area contributed by atoms with Crippen LogP contribution in [0, 0.1) is 63.4 Å². The van der Waals surface area contributed by atoms with E-state index in [9.17, 15) is 0 Å². The van der Waals surface area contributed by atoms with Crippen LogP contribution < -0.4 is 10.6 Å². The Morgan fingerprint density at radius 3 is 1.20 bits per heavy atom. The van der Waals surface area contributed by atoms with Gasteiger partial charge in [0.25, 0.3) is 0 Å². The van der Waals surface area contributed by atoms with Gasteiger partial charge in [0.2, 0.25) is 0 Å². The molecule has 0 bridgehead atoms. The molecule has 0 unspecified atom stereocenters. The number of halogens is 4. The molecule has 0 heterocycles. The van der Waals surface area contributed by atoms with Gasteiger partial charge in [-0.1, -0.05) is 60.7 Å². The topological polar surface area (TPSA) is 0 Å². The number of hydrogen-bond acceptors (Lipinski definition) is 0. The van der Waals surface area contributed by atoms with Crippen LogP contribution in [-0.4, -0.2) is 5.34 Å².